The largest absolute Gasteiger partial charge is 0.399 e. The standard InChI is InChI=1S/C32H40BrN5O5.C22H27NO2.C12H12N2O2S.C5H8O2/c1-16(2)12-24-29(40)37-11-7-10-25(37)32(42)38(24)30(41)31(43-32,17(3)4)35-28(39)18-13-20-19-8-6-9-22-26(19)21(27(33)34-22)14-23(20)36(5)15-18;1-4-22(24)10-8-18-16-6-5-15-11-19-14(13-23-25-19)12-20(15,2)17(16)7-9-21(18,22)3;13-9-1-5-11(6-2-9)17(15,16)12-7-3-10(14)4-8-12;6-4-2-1-3-5-7/h6,8-9,13,16-18,23-25,34,42H,7,10-12,14-15H2,1-5H3,(H,35,39);1,11,13,16-18,24H,5-10,12H2,2-3H3;1-8H,13-14H2;4-5H,1-3H2/t18-,23-,24+,25+,31-,32+;16-,17+,18+,20+,21+,22+;;/m11../s1. The molecule has 6 fully saturated rings. The van der Waals surface area contributed by atoms with E-state index in [-0.39, 0.29) is 44.4 Å². The number of allylic oxidation sites excluding steroid dienone is 1. The zero-order valence-corrected chi connectivity index (χ0v) is 56.0. The van der Waals surface area contributed by atoms with E-state index in [9.17, 15) is 42.6 Å². The topological polar surface area (TPSA) is 285 Å². The van der Waals surface area contributed by atoms with E-state index < -0.39 is 56.9 Å². The molecule has 490 valence electrons. The first-order valence-electron chi connectivity index (χ1n) is 32.5. The third-order valence-electron chi connectivity index (χ3n) is 21.9. The van der Waals surface area contributed by atoms with Crippen LogP contribution < -0.4 is 16.8 Å². The Balaban J connectivity index is 0.000000148. The summed E-state index contributed by atoms with van der Waals surface area (Å²) in [4.78, 5) is 70.4. The number of anilines is 2. The van der Waals surface area contributed by atoms with E-state index >= 15 is 0 Å². The molecule has 92 heavy (non-hydrogen) atoms. The van der Waals surface area contributed by atoms with Crippen LogP contribution in [0, 0.1) is 58.7 Å². The zero-order valence-electron chi connectivity index (χ0n) is 53.6. The Labute approximate surface area is 547 Å². The molecule has 9 aliphatic rings. The number of hydrogen-bond acceptors (Lipinski definition) is 15. The average Bonchev–Trinajstić information content (AvgIpc) is 1.49. The van der Waals surface area contributed by atoms with Crippen LogP contribution in [0.2, 0.25) is 0 Å². The maximum atomic E-state index is 14.4. The Morgan fingerprint density at radius 3 is 2.24 bits per heavy atom. The second-order valence-electron chi connectivity index (χ2n) is 28.0. The fraction of sp³-hybridized carbons (Fsp3) is 0.521. The third-order valence-corrected chi connectivity index (χ3v) is 24.4. The van der Waals surface area contributed by atoms with Crippen molar-refractivity contribution < 1.29 is 51.9 Å². The summed E-state index contributed by atoms with van der Waals surface area (Å²) in [5.74, 6) is 1.62. The number of nitrogens with one attached hydrogen (secondary N) is 2. The number of rotatable bonds is 11. The van der Waals surface area contributed by atoms with Crippen molar-refractivity contribution in [1.29, 1.82) is 0 Å². The number of unbranched alkanes of at least 4 members (excludes halogenated alkanes) is 2. The van der Waals surface area contributed by atoms with Gasteiger partial charge in [0.15, 0.2) is 5.76 Å². The zero-order chi connectivity index (χ0) is 66.0. The van der Waals surface area contributed by atoms with E-state index in [4.69, 9.17) is 27.2 Å². The molecular weight excluding hydrogens is 1250 g/mol. The average molecular weight is 1340 g/mol. The van der Waals surface area contributed by atoms with Gasteiger partial charge in [-0.1, -0.05) is 76.4 Å². The third kappa shape index (κ3) is 11.3. The number of halogens is 1. The maximum absolute atomic E-state index is 14.4. The van der Waals surface area contributed by atoms with Crippen molar-refractivity contribution in [2.24, 2.45) is 46.3 Å². The molecule has 5 aliphatic carbocycles. The van der Waals surface area contributed by atoms with E-state index in [2.05, 4.69) is 74.3 Å². The summed E-state index contributed by atoms with van der Waals surface area (Å²) in [5, 5.41) is 31.4. The molecule has 3 amide bonds. The maximum Gasteiger partial charge on any atom is 0.281 e. The molecule has 3 aromatic carbocycles. The molecule has 8 N–H and O–H groups in total. The minimum Gasteiger partial charge on any atom is -0.399 e. The summed E-state index contributed by atoms with van der Waals surface area (Å²) in [7, 11) is -1.46. The van der Waals surface area contributed by atoms with Crippen LogP contribution >= 0.6 is 15.9 Å². The molecule has 2 aromatic heterocycles. The van der Waals surface area contributed by atoms with Crippen LogP contribution in [0.4, 0.5) is 11.4 Å². The highest BCUT2D eigenvalue weighted by atomic mass is 79.9. The first-order chi connectivity index (χ1) is 43.7. The second kappa shape index (κ2) is 25.4. The number of H-pyrrole nitrogens is 1. The number of carbonyl (C=O) groups is 5. The van der Waals surface area contributed by atoms with Crippen LogP contribution in [0.15, 0.2) is 103 Å². The molecule has 5 aromatic rings. The van der Waals surface area contributed by atoms with Crippen LogP contribution in [0.25, 0.3) is 22.6 Å². The monoisotopic (exact) mass is 1340 g/mol. The summed E-state index contributed by atoms with van der Waals surface area (Å²) >= 11 is 3.70. The SMILES string of the molecule is C#C[C@]1(O)CC[C@H]2[C@@H]3CCC4=Cc5oncc5C[C@]4(C)[C@H]3CC[C@@]21C.CC(C)C[C@H]1C(=O)N2CCC[C@H]2[C@]2(O)O[C@](NC(=O)[C@@H]3C=C4c5cccc6[nH]c(Br)c(c56)C[C@H]4N(C)C3)(C(C)C)C(=O)N12.Nc1ccc(S(=O)(=O)c2ccc(N)cc2)cc1.O=CCCCC=O. The Bertz CT molecular complexity index is 3840. The molecule has 0 spiro atoms. The smallest absolute Gasteiger partial charge is 0.281 e. The summed E-state index contributed by atoms with van der Waals surface area (Å²) < 4.78 is 37.2. The summed E-state index contributed by atoms with van der Waals surface area (Å²) in [6, 6.07) is 17.0. The lowest BCUT2D eigenvalue weighted by Gasteiger charge is -2.58. The van der Waals surface area contributed by atoms with Gasteiger partial charge in [-0.3, -0.25) is 28.9 Å². The number of nitrogens with two attached hydrogens (primary N) is 2. The minimum absolute atomic E-state index is 0.104. The number of piperazine rings is 1. The second-order valence-corrected chi connectivity index (χ2v) is 30.7. The first kappa shape index (κ1) is 66.5. The number of ether oxygens (including phenoxy) is 1. The summed E-state index contributed by atoms with van der Waals surface area (Å²) in [5.41, 5.74) is 16.8. The molecule has 0 unspecified atom stereocenters. The molecule has 6 heterocycles. The van der Waals surface area contributed by atoms with Gasteiger partial charge in [0.1, 0.15) is 30.3 Å². The molecule has 0 radical (unpaired) electrons. The number of nitrogens with zero attached hydrogens (tertiary/aromatic N) is 4. The molecule has 19 nitrogen and oxygen atoms in total. The fourth-order valence-electron chi connectivity index (χ4n) is 17.0. The Morgan fingerprint density at radius 2 is 1.61 bits per heavy atom. The number of likely N-dealkylation sites (N-methyl/N-ethyl adjacent to an activating group) is 1. The van der Waals surface area contributed by atoms with E-state index in [0.717, 1.165) is 91.0 Å². The van der Waals surface area contributed by atoms with Gasteiger partial charge in [0.2, 0.25) is 27.4 Å². The lowest BCUT2D eigenvalue weighted by molar-refractivity contribution is -0.322. The highest BCUT2D eigenvalue weighted by Gasteiger charge is 2.72. The number of aldehydes is 2. The first-order valence-corrected chi connectivity index (χ1v) is 34.8. The number of carbonyl (C=O) groups excluding carboxylic acids is 5. The number of aromatic nitrogens is 2. The van der Waals surface area contributed by atoms with Crippen molar-refractivity contribution in [3.63, 3.8) is 0 Å². The predicted octanol–water partition coefficient (Wildman–Crippen LogP) is 9.65. The van der Waals surface area contributed by atoms with E-state index in [1.165, 1.54) is 52.1 Å². The van der Waals surface area contributed by atoms with Crippen LogP contribution in [-0.4, -0.2) is 129 Å². The number of aliphatic hydroxyl groups is 2. The molecule has 21 heteroatoms. The number of amides is 3. The van der Waals surface area contributed by atoms with Crippen molar-refractivity contribution in [2.45, 2.75) is 177 Å². The molecule has 0 bridgehead atoms. The van der Waals surface area contributed by atoms with Crippen LogP contribution in [0.3, 0.4) is 0 Å². The van der Waals surface area contributed by atoms with E-state index in [0.29, 0.717) is 74.3 Å². The summed E-state index contributed by atoms with van der Waals surface area (Å²) in [6.45, 7) is 13.3. The van der Waals surface area contributed by atoms with Gasteiger partial charge in [0, 0.05) is 71.1 Å². The Kier molecular flexibility index (Phi) is 18.4. The van der Waals surface area contributed by atoms with Gasteiger partial charge in [0.05, 0.1) is 26.5 Å². The van der Waals surface area contributed by atoms with Gasteiger partial charge >= 0.3 is 0 Å². The van der Waals surface area contributed by atoms with Gasteiger partial charge < -0.3 is 51.0 Å². The Hall–Kier alpha value is -6.93. The van der Waals surface area contributed by atoms with Gasteiger partial charge in [0.25, 0.3) is 11.8 Å². The highest BCUT2D eigenvalue weighted by molar-refractivity contribution is 9.10. The van der Waals surface area contributed by atoms with Gasteiger partial charge in [-0.05, 0) is 206 Å². The van der Waals surface area contributed by atoms with E-state index in [1.807, 2.05) is 39.2 Å². The highest BCUT2D eigenvalue weighted by Crippen LogP contribution is 2.67. The van der Waals surface area contributed by atoms with Gasteiger partial charge in [-0.2, -0.15) is 0 Å². The molecule has 12 atom stereocenters. The van der Waals surface area contributed by atoms with Gasteiger partial charge in [-0.25, -0.2) is 8.42 Å². The number of nitrogen functional groups attached to an aromatic ring is 2. The fourth-order valence-corrected chi connectivity index (χ4v) is 18.8. The normalized spacial score (nSPS) is 31.4. The van der Waals surface area contributed by atoms with Crippen molar-refractivity contribution >= 4 is 90.0 Å². The number of hydrogen-bond donors (Lipinski definition) is 6. The molecule has 4 aliphatic heterocycles. The lowest BCUT2D eigenvalue weighted by Crippen LogP contribution is -2.71. The van der Waals surface area contributed by atoms with Crippen LogP contribution in [0.1, 0.15) is 141 Å². The van der Waals surface area contributed by atoms with Crippen LogP contribution in [0.5, 0.6) is 0 Å². The number of sulfone groups is 1. The molecular formula is C71H87BrN8O11S. The Morgan fingerprint density at radius 1 is 0.946 bits per heavy atom. The van der Waals surface area contributed by atoms with Crippen molar-refractivity contribution in [3.8, 4) is 12.3 Å². The van der Waals surface area contributed by atoms with Crippen LogP contribution in [-0.2, 0) is 51.4 Å². The quantitative estimate of drug-likeness (QED) is 0.0311. The minimum atomic E-state index is -3.48. The van der Waals surface area contributed by atoms with Crippen molar-refractivity contribution in [2.75, 3.05) is 31.6 Å². The molecule has 3 saturated carbocycles. The molecule has 3 saturated heterocycles. The number of benzene rings is 3. The summed E-state index contributed by atoms with van der Waals surface area (Å²) in [6.07, 6.45) is 25.2. The van der Waals surface area contributed by atoms with Gasteiger partial charge in [-0.15, -0.1) is 6.42 Å². The van der Waals surface area contributed by atoms with Crippen molar-refractivity contribution in [3.05, 3.63) is 112 Å². The molecule has 14 rings (SSSR count). The van der Waals surface area contributed by atoms with E-state index in [1.54, 1.807) is 48.6 Å². The number of fused-ring (bicyclic) bond motifs is 11. The predicted molar refractivity (Wildman–Crippen MR) is 354 cm³/mol. The van der Waals surface area contributed by atoms with Crippen molar-refractivity contribution in [1.82, 2.24) is 30.2 Å². The number of terminal acetylenes is 1. The number of aromatic amines is 1. The lowest BCUT2D eigenvalue weighted by atomic mass is 9.46.